The minimum Gasteiger partial charge on any atom is -0.378 e. The molecule has 1 aliphatic carbocycles. The van der Waals surface area contributed by atoms with Gasteiger partial charge in [0.1, 0.15) is 5.82 Å². The Balaban J connectivity index is 1.34. The number of likely N-dealkylation sites (tertiary alicyclic amines) is 1. The van der Waals surface area contributed by atoms with Gasteiger partial charge in [0.05, 0.1) is 25.3 Å². The Morgan fingerprint density at radius 3 is 2.47 bits per heavy atom. The number of imide groups is 1. The van der Waals surface area contributed by atoms with Gasteiger partial charge in [-0.25, -0.2) is 4.98 Å². The lowest BCUT2D eigenvalue weighted by Crippen LogP contribution is -2.37. The molecule has 0 unspecified atom stereocenters. The van der Waals surface area contributed by atoms with Crippen LogP contribution in [0.5, 0.6) is 0 Å². The first-order valence-electron chi connectivity index (χ1n) is 12.0. The number of carbonyl (C=O) groups is 2. The highest BCUT2D eigenvalue weighted by molar-refractivity contribution is 6.01. The van der Waals surface area contributed by atoms with Crippen molar-refractivity contribution in [2.24, 2.45) is 0 Å². The van der Waals surface area contributed by atoms with Crippen molar-refractivity contribution in [3.05, 3.63) is 48.0 Å². The smallest absolute Gasteiger partial charge is 0.229 e. The van der Waals surface area contributed by atoms with Crippen LogP contribution in [0.15, 0.2) is 42.5 Å². The molecule has 1 N–H and O–H groups in total. The third-order valence-corrected chi connectivity index (χ3v) is 6.65. The van der Waals surface area contributed by atoms with E-state index in [9.17, 15) is 9.59 Å². The zero-order valence-electron chi connectivity index (χ0n) is 19.0. The van der Waals surface area contributed by atoms with E-state index in [2.05, 4.69) is 40.5 Å². The first-order chi connectivity index (χ1) is 16.6. The first-order valence-corrected chi connectivity index (χ1v) is 12.0. The molecule has 0 spiro atoms. The van der Waals surface area contributed by atoms with E-state index in [0.717, 1.165) is 65.3 Å². The van der Waals surface area contributed by atoms with E-state index in [-0.39, 0.29) is 11.8 Å². The van der Waals surface area contributed by atoms with Gasteiger partial charge in [0, 0.05) is 37.4 Å². The van der Waals surface area contributed by atoms with Crippen LogP contribution in [-0.4, -0.2) is 59.0 Å². The second-order valence-corrected chi connectivity index (χ2v) is 9.20. The summed E-state index contributed by atoms with van der Waals surface area (Å²) in [6.07, 6.45) is 2.95. The SMILES string of the molecule is O=C1CCC(=O)N1Cc1cccc(-c2ccc3nc(N4CCOCC4)nc(NC4CC4)c3c2)c1. The standard InChI is InChI=1S/C26H27N5O3/c32-23-8-9-24(33)31(23)16-17-2-1-3-18(14-17)19-4-7-22-21(15-19)25(27-20-5-6-20)29-26(28-22)30-10-12-34-13-11-30/h1-4,7,14-15,20H,5-6,8-13,16H2,(H,27,28,29). The van der Waals surface area contributed by atoms with Gasteiger partial charge in [-0.1, -0.05) is 24.3 Å². The van der Waals surface area contributed by atoms with Gasteiger partial charge in [-0.15, -0.1) is 0 Å². The second-order valence-electron chi connectivity index (χ2n) is 9.20. The summed E-state index contributed by atoms with van der Waals surface area (Å²) in [5.41, 5.74) is 3.94. The number of ether oxygens (including phenoxy) is 1. The van der Waals surface area contributed by atoms with Gasteiger partial charge < -0.3 is 15.0 Å². The molecular weight excluding hydrogens is 430 g/mol. The summed E-state index contributed by atoms with van der Waals surface area (Å²) in [4.78, 5) is 37.4. The van der Waals surface area contributed by atoms with Crippen LogP contribution >= 0.6 is 0 Å². The molecule has 0 radical (unpaired) electrons. The number of nitrogens with one attached hydrogen (secondary N) is 1. The number of benzene rings is 2. The summed E-state index contributed by atoms with van der Waals surface area (Å²) < 4.78 is 5.49. The van der Waals surface area contributed by atoms with Crippen LogP contribution in [0.25, 0.3) is 22.0 Å². The van der Waals surface area contributed by atoms with Gasteiger partial charge in [0.25, 0.3) is 0 Å². The molecule has 0 atom stereocenters. The second kappa shape index (κ2) is 8.68. The highest BCUT2D eigenvalue weighted by Gasteiger charge is 2.29. The van der Waals surface area contributed by atoms with E-state index in [1.54, 1.807) is 0 Å². The van der Waals surface area contributed by atoms with E-state index >= 15 is 0 Å². The molecule has 3 fully saturated rings. The molecule has 8 heteroatoms. The van der Waals surface area contributed by atoms with E-state index in [0.29, 0.717) is 38.6 Å². The molecule has 2 saturated heterocycles. The lowest BCUT2D eigenvalue weighted by molar-refractivity contribution is -0.139. The Morgan fingerprint density at radius 2 is 1.71 bits per heavy atom. The van der Waals surface area contributed by atoms with Crippen LogP contribution in [-0.2, 0) is 20.9 Å². The van der Waals surface area contributed by atoms with E-state index in [1.807, 2.05) is 12.1 Å². The molecule has 3 aliphatic rings. The highest BCUT2D eigenvalue weighted by atomic mass is 16.5. The molecule has 3 aromatic rings. The Labute approximate surface area is 197 Å². The van der Waals surface area contributed by atoms with Crippen LogP contribution in [0.3, 0.4) is 0 Å². The fraction of sp³-hybridized carbons (Fsp3) is 0.385. The summed E-state index contributed by atoms with van der Waals surface area (Å²) in [7, 11) is 0. The predicted molar refractivity (Wildman–Crippen MR) is 129 cm³/mol. The van der Waals surface area contributed by atoms with Gasteiger partial charge in [0.15, 0.2) is 0 Å². The van der Waals surface area contributed by atoms with Crippen molar-refractivity contribution in [3.63, 3.8) is 0 Å². The Morgan fingerprint density at radius 1 is 0.941 bits per heavy atom. The fourth-order valence-electron chi connectivity index (χ4n) is 4.56. The molecule has 2 amide bonds. The number of fused-ring (bicyclic) bond motifs is 1. The number of anilines is 2. The van der Waals surface area contributed by atoms with Crippen molar-refractivity contribution in [2.75, 3.05) is 36.5 Å². The molecular formula is C26H27N5O3. The zero-order chi connectivity index (χ0) is 23.1. The quantitative estimate of drug-likeness (QED) is 0.568. The molecule has 1 saturated carbocycles. The van der Waals surface area contributed by atoms with E-state index < -0.39 is 0 Å². The van der Waals surface area contributed by atoms with Gasteiger partial charge in [-0.2, -0.15) is 4.98 Å². The molecule has 3 heterocycles. The number of amides is 2. The average molecular weight is 458 g/mol. The lowest BCUT2D eigenvalue weighted by Gasteiger charge is -2.27. The van der Waals surface area contributed by atoms with Crippen LogP contribution in [0.2, 0.25) is 0 Å². The van der Waals surface area contributed by atoms with Crippen LogP contribution in [0.4, 0.5) is 11.8 Å². The molecule has 34 heavy (non-hydrogen) atoms. The number of carbonyl (C=O) groups excluding carboxylic acids is 2. The van der Waals surface area contributed by atoms with Crippen LogP contribution < -0.4 is 10.2 Å². The van der Waals surface area contributed by atoms with Gasteiger partial charge >= 0.3 is 0 Å². The minimum atomic E-state index is -0.0925. The number of hydrogen-bond acceptors (Lipinski definition) is 7. The van der Waals surface area contributed by atoms with E-state index in [1.165, 1.54) is 4.90 Å². The van der Waals surface area contributed by atoms with Crippen molar-refractivity contribution in [3.8, 4) is 11.1 Å². The third-order valence-electron chi connectivity index (χ3n) is 6.65. The van der Waals surface area contributed by atoms with Crippen molar-refractivity contribution in [1.29, 1.82) is 0 Å². The molecule has 1 aromatic heterocycles. The summed E-state index contributed by atoms with van der Waals surface area (Å²) >= 11 is 0. The summed E-state index contributed by atoms with van der Waals surface area (Å²) in [6.45, 7) is 3.29. The Kier molecular flexibility index (Phi) is 5.37. The maximum absolute atomic E-state index is 12.0. The molecule has 8 nitrogen and oxygen atoms in total. The normalized spacial score (nSPS) is 18.7. The zero-order valence-corrected chi connectivity index (χ0v) is 19.0. The highest BCUT2D eigenvalue weighted by Crippen LogP contribution is 2.33. The van der Waals surface area contributed by atoms with Crippen molar-refractivity contribution in [1.82, 2.24) is 14.9 Å². The average Bonchev–Trinajstić information content (AvgIpc) is 3.64. The van der Waals surface area contributed by atoms with Crippen molar-refractivity contribution >= 4 is 34.5 Å². The van der Waals surface area contributed by atoms with Gasteiger partial charge in [-0.3, -0.25) is 14.5 Å². The molecule has 6 rings (SSSR count). The van der Waals surface area contributed by atoms with Gasteiger partial charge in [-0.05, 0) is 47.7 Å². The number of hydrogen-bond donors (Lipinski definition) is 1. The first kappa shape index (κ1) is 21.0. The number of rotatable bonds is 6. The number of aromatic nitrogens is 2. The lowest BCUT2D eigenvalue weighted by atomic mass is 10.0. The van der Waals surface area contributed by atoms with Crippen LogP contribution in [0, 0.1) is 0 Å². The van der Waals surface area contributed by atoms with Crippen molar-refractivity contribution < 1.29 is 14.3 Å². The molecule has 2 aromatic carbocycles. The largest absolute Gasteiger partial charge is 0.378 e. The van der Waals surface area contributed by atoms with Gasteiger partial charge in [0.2, 0.25) is 17.8 Å². The Bertz CT molecular complexity index is 1250. The monoisotopic (exact) mass is 457 g/mol. The molecule has 174 valence electrons. The third kappa shape index (κ3) is 4.21. The van der Waals surface area contributed by atoms with E-state index in [4.69, 9.17) is 14.7 Å². The predicted octanol–water partition coefficient (Wildman–Crippen LogP) is 3.36. The maximum Gasteiger partial charge on any atom is 0.229 e. The molecule has 0 bridgehead atoms. The summed E-state index contributed by atoms with van der Waals surface area (Å²) in [5, 5.41) is 4.59. The summed E-state index contributed by atoms with van der Waals surface area (Å²) in [5.74, 6) is 1.43. The van der Waals surface area contributed by atoms with Crippen LogP contribution in [0.1, 0.15) is 31.2 Å². The number of nitrogens with zero attached hydrogens (tertiary/aromatic N) is 4. The minimum absolute atomic E-state index is 0.0925. The topological polar surface area (TPSA) is 87.7 Å². The molecule has 2 aliphatic heterocycles. The summed E-state index contributed by atoms with van der Waals surface area (Å²) in [6, 6.07) is 14.8. The van der Waals surface area contributed by atoms with Crippen molar-refractivity contribution in [2.45, 2.75) is 38.3 Å². The Hall–Kier alpha value is -3.52. The maximum atomic E-state index is 12.0. The fourth-order valence-corrected chi connectivity index (χ4v) is 4.56. The number of morpholine rings is 1.